The van der Waals surface area contributed by atoms with Gasteiger partial charge in [0.2, 0.25) is 0 Å². The van der Waals surface area contributed by atoms with E-state index < -0.39 is 0 Å². The quantitative estimate of drug-likeness (QED) is 0.678. The van der Waals surface area contributed by atoms with E-state index in [2.05, 4.69) is 43.9 Å². The van der Waals surface area contributed by atoms with Gasteiger partial charge in [-0.15, -0.1) is 11.3 Å². The minimum Gasteiger partial charge on any atom is -0.370 e. The van der Waals surface area contributed by atoms with Crippen LogP contribution >= 0.6 is 11.3 Å². The van der Waals surface area contributed by atoms with Crippen molar-refractivity contribution < 1.29 is 4.74 Å². The topological polar surface area (TPSA) is 43.2 Å². The Morgan fingerprint density at radius 2 is 2.08 bits per heavy atom. The monoisotopic (exact) mass is 354 g/mol. The Morgan fingerprint density at radius 1 is 1.20 bits per heavy atom. The van der Waals surface area contributed by atoms with Gasteiger partial charge < -0.3 is 9.30 Å². The summed E-state index contributed by atoms with van der Waals surface area (Å²) < 4.78 is 8.20. The van der Waals surface area contributed by atoms with E-state index in [-0.39, 0.29) is 0 Å². The van der Waals surface area contributed by atoms with Gasteiger partial charge in [-0.25, -0.2) is 4.98 Å². The van der Waals surface area contributed by atoms with Crippen LogP contribution in [0.15, 0.2) is 48.2 Å². The number of fused-ring (bicyclic) bond motifs is 1. The second kappa shape index (κ2) is 7.47. The third-order valence-corrected chi connectivity index (χ3v) is 5.57. The molecule has 0 bridgehead atoms. The van der Waals surface area contributed by atoms with Crippen molar-refractivity contribution in [1.82, 2.24) is 19.4 Å². The van der Waals surface area contributed by atoms with Gasteiger partial charge in [-0.3, -0.25) is 9.88 Å². The fraction of sp³-hybridized carbons (Fsp3) is 0.368. The van der Waals surface area contributed by atoms with Crippen molar-refractivity contribution in [3.63, 3.8) is 0 Å². The Bertz CT molecular complexity index is 800. The zero-order valence-corrected chi connectivity index (χ0v) is 15.2. The molecule has 4 rings (SSSR count). The maximum atomic E-state index is 5.88. The first-order chi connectivity index (χ1) is 12.3. The molecule has 0 fully saturated rings. The molecule has 0 unspecified atom stereocenters. The maximum absolute atomic E-state index is 5.88. The summed E-state index contributed by atoms with van der Waals surface area (Å²) in [5.74, 6) is 1.14. The van der Waals surface area contributed by atoms with E-state index in [1.807, 2.05) is 29.7 Å². The van der Waals surface area contributed by atoms with Gasteiger partial charge in [-0.05, 0) is 36.1 Å². The number of hydrogen-bond donors (Lipinski definition) is 0. The Hall–Kier alpha value is -2.02. The van der Waals surface area contributed by atoms with Crippen LogP contribution in [-0.4, -0.2) is 26.0 Å². The highest BCUT2D eigenvalue weighted by molar-refractivity contribution is 7.09. The van der Waals surface area contributed by atoms with Crippen molar-refractivity contribution in [3.8, 4) is 0 Å². The van der Waals surface area contributed by atoms with E-state index in [0.717, 1.165) is 36.7 Å². The number of hydrogen-bond acceptors (Lipinski definition) is 5. The van der Waals surface area contributed by atoms with Crippen molar-refractivity contribution in [2.24, 2.45) is 0 Å². The summed E-state index contributed by atoms with van der Waals surface area (Å²) in [6.07, 6.45) is 5.56. The zero-order valence-electron chi connectivity index (χ0n) is 14.3. The number of ether oxygens (including phenoxy) is 1. The average Bonchev–Trinajstić information content (AvgIpc) is 3.29. The van der Waals surface area contributed by atoms with Crippen LogP contribution in [0, 0.1) is 0 Å². The van der Waals surface area contributed by atoms with Gasteiger partial charge in [0.05, 0.1) is 31.1 Å². The SMILES string of the molecule is C[C@@H]1c2ncc(COCc3ccncc3)n2CCN1Cc1cccs1. The second-order valence-corrected chi connectivity index (χ2v) is 7.37. The largest absolute Gasteiger partial charge is 0.370 e. The molecule has 0 spiro atoms. The van der Waals surface area contributed by atoms with Crippen molar-refractivity contribution >= 4 is 11.3 Å². The summed E-state index contributed by atoms with van der Waals surface area (Å²) in [5.41, 5.74) is 2.30. The molecule has 0 amide bonds. The highest BCUT2D eigenvalue weighted by atomic mass is 32.1. The molecule has 3 aromatic heterocycles. The molecule has 4 heterocycles. The highest BCUT2D eigenvalue weighted by Gasteiger charge is 2.27. The van der Waals surface area contributed by atoms with Crippen LogP contribution in [0.4, 0.5) is 0 Å². The number of imidazole rings is 1. The second-order valence-electron chi connectivity index (χ2n) is 6.33. The molecular weight excluding hydrogens is 332 g/mol. The van der Waals surface area contributed by atoms with Crippen molar-refractivity contribution in [2.45, 2.75) is 39.3 Å². The summed E-state index contributed by atoms with van der Waals surface area (Å²) in [7, 11) is 0. The van der Waals surface area contributed by atoms with E-state index in [9.17, 15) is 0 Å². The van der Waals surface area contributed by atoms with E-state index in [4.69, 9.17) is 4.74 Å². The number of pyridine rings is 1. The smallest absolute Gasteiger partial charge is 0.126 e. The lowest BCUT2D eigenvalue weighted by molar-refractivity contribution is 0.0971. The highest BCUT2D eigenvalue weighted by Crippen LogP contribution is 2.28. The molecule has 25 heavy (non-hydrogen) atoms. The predicted octanol–water partition coefficient (Wildman–Crippen LogP) is 3.63. The summed E-state index contributed by atoms with van der Waals surface area (Å²) >= 11 is 1.82. The summed E-state index contributed by atoms with van der Waals surface area (Å²) in [6.45, 7) is 6.45. The molecule has 1 aliphatic heterocycles. The lowest BCUT2D eigenvalue weighted by Crippen LogP contribution is -2.36. The first kappa shape index (κ1) is 16.4. The van der Waals surface area contributed by atoms with Crippen LogP contribution in [0.5, 0.6) is 0 Å². The molecule has 1 aliphatic rings. The summed E-state index contributed by atoms with van der Waals surface area (Å²) in [5, 5.41) is 2.14. The van der Waals surface area contributed by atoms with Crippen LogP contribution in [0.2, 0.25) is 0 Å². The number of rotatable bonds is 6. The van der Waals surface area contributed by atoms with Gasteiger partial charge in [0.15, 0.2) is 0 Å². The molecule has 0 radical (unpaired) electrons. The molecule has 0 aromatic carbocycles. The fourth-order valence-corrected chi connectivity index (χ4v) is 4.02. The molecule has 3 aromatic rings. The molecule has 0 saturated heterocycles. The van der Waals surface area contributed by atoms with Gasteiger partial charge in [0.1, 0.15) is 5.82 Å². The minimum atomic E-state index is 0.324. The molecule has 5 nitrogen and oxygen atoms in total. The third-order valence-electron chi connectivity index (χ3n) is 4.71. The third kappa shape index (κ3) is 3.66. The van der Waals surface area contributed by atoms with Crippen molar-refractivity contribution in [3.05, 3.63) is 70.2 Å². The molecular formula is C19H22N4OS. The van der Waals surface area contributed by atoms with E-state index >= 15 is 0 Å². The fourth-order valence-electron chi connectivity index (χ4n) is 3.29. The molecule has 6 heteroatoms. The molecule has 0 aliphatic carbocycles. The Kier molecular flexibility index (Phi) is 4.92. The predicted molar refractivity (Wildman–Crippen MR) is 98.1 cm³/mol. The summed E-state index contributed by atoms with van der Waals surface area (Å²) in [4.78, 5) is 12.6. The molecule has 0 saturated carbocycles. The first-order valence-corrected chi connectivity index (χ1v) is 9.46. The van der Waals surface area contributed by atoms with E-state index in [0.29, 0.717) is 19.3 Å². The number of aromatic nitrogens is 3. The molecule has 0 N–H and O–H groups in total. The van der Waals surface area contributed by atoms with Crippen LogP contribution in [0.3, 0.4) is 0 Å². The average molecular weight is 354 g/mol. The lowest BCUT2D eigenvalue weighted by Gasteiger charge is -2.34. The zero-order chi connectivity index (χ0) is 17.1. The van der Waals surface area contributed by atoms with Crippen molar-refractivity contribution in [1.29, 1.82) is 0 Å². The van der Waals surface area contributed by atoms with E-state index in [1.54, 1.807) is 12.4 Å². The van der Waals surface area contributed by atoms with Crippen LogP contribution < -0.4 is 0 Å². The normalized spacial score (nSPS) is 17.6. The van der Waals surface area contributed by atoms with Crippen LogP contribution in [-0.2, 0) is 31.0 Å². The molecule has 1 atom stereocenters. The van der Waals surface area contributed by atoms with Gasteiger partial charge >= 0.3 is 0 Å². The van der Waals surface area contributed by atoms with Crippen LogP contribution in [0.1, 0.15) is 34.9 Å². The lowest BCUT2D eigenvalue weighted by atomic mass is 10.2. The van der Waals surface area contributed by atoms with Gasteiger partial charge in [0.25, 0.3) is 0 Å². The Labute approximate surface area is 151 Å². The minimum absolute atomic E-state index is 0.324. The van der Waals surface area contributed by atoms with Gasteiger partial charge in [0, 0.05) is 36.9 Å². The Morgan fingerprint density at radius 3 is 2.88 bits per heavy atom. The Balaban J connectivity index is 1.39. The van der Waals surface area contributed by atoms with Gasteiger partial charge in [-0.2, -0.15) is 0 Å². The van der Waals surface area contributed by atoms with Gasteiger partial charge in [-0.1, -0.05) is 6.07 Å². The molecule has 130 valence electrons. The maximum Gasteiger partial charge on any atom is 0.126 e. The van der Waals surface area contributed by atoms with Crippen molar-refractivity contribution in [2.75, 3.05) is 6.54 Å². The number of thiophene rings is 1. The first-order valence-electron chi connectivity index (χ1n) is 8.58. The standard InChI is InChI=1S/C19H22N4OS/c1-15-19-21-11-17(14-24-13-16-4-6-20-7-5-16)23(19)9-8-22(15)12-18-3-2-10-25-18/h2-7,10-11,15H,8-9,12-14H2,1H3/t15-/m1/s1. The van der Waals surface area contributed by atoms with Crippen LogP contribution in [0.25, 0.3) is 0 Å². The number of nitrogens with zero attached hydrogens (tertiary/aromatic N) is 4. The summed E-state index contributed by atoms with van der Waals surface area (Å²) in [6, 6.07) is 8.61. The van der Waals surface area contributed by atoms with E-state index in [1.165, 1.54) is 4.88 Å².